The molecule has 0 unspecified atom stereocenters. The molecule has 0 bridgehead atoms. The summed E-state index contributed by atoms with van der Waals surface area (Å²) in [6.07, 6.45) is -0.990. The predicted molar refractivity (Wildman–Crippen MR) is 164 cm³/mol. The topological polar surface area (TPSA) is 69.7 Å². The van der Waals surface area contributed by atoms with E-state index in [4.69, 9.17) is 0 Å². The van der Waals surface area contributed by atoms with Crippen molar-refractivity contribution in [3.05, 3.63) is 94.5 Å². The summed E-state index contributed by atoms with van der Waals surface area (Å²) in [4.78, 5) is 15.3. The zero-order chi connectivity index (χ0) is 31.8. The summed E-state index contributed by atoms with van der Waals surface area (Å²) in [6.45, 7) is 2.24. The van der Waals surface area contributed by atoms with Crippen molar-refractivity contribution in [3.63, 3.8) is 0 Å². The Morgan fingerprint density at radius 1 is 0.889 bits per heavy atom. The maximum atomic E-state index is 14.0. The summed E-state index contributed by atoms with van der Waals surface area (Å²) in [7, 11) is -4.43. The highest BCUT2D eigenvalue weighted by Crippen LogP contribution is 2.38. The Kier molecular flexibility index (Phi) is 8.94. The molecular weight excluding hydrogens is 606 g/mol. The van der Waals surface area contributed by atoms with Crippen LogP contribution < -0.4 is 9.62 Å². The molecule has 1 aliphatic carbocycles. The molecule has 1 fully saturated rings. The number of hydrogen-bond donors (Lipinski definition) is 1. The lowest BCUT2D eigenvalue weighted by Gasteiger charge is -2.38. The standard InChI is InChI=1S/C34H37F4N3O3S/c35-27-15-17-40(18-16-27)22-23-11-14-30-25(19-23)6-3-9-31(30)39-33(42)21-28-13-12-24-5-1-2-10-32(24)41(28)45(43,44)29-8-4-7-26(20-29)34(36,37)38/h1-2,4-5,7-8,10-11,14,19-20,27-28,31H,3,6,9,12-13,15-18,21-22H2,(H,39,42)/t28-,31-/m1/s1. The van der Waals surface area contributed by atoms with Gasteiger partial charge in [0.05, 0.1) is 28.2 Å². The summed E-state index contributed by atoms with van der Waals surface area (Å²) < 4.78 is 83.1. The molecule has 1 N–H and O–H groups in total. The van der Waals surface area contributed by atoms with Crippen LogP contribution in [-0.4, -0.2) is 44.5 Å². The number of carbonyl (C=O) groups is 1. The maximum Gasteiger partial charge on any atom is 0.416 e. The SMILES string of the molecule is O=C(C[C@H]1CCc2ccccc2N1S(=O)(=O)c1cccc(C(F)(F)F)c1)N[C@@H]1CCCc2cc(CN3CCC(F)CC3)ccc21. The van der Waals surface area contributed by atoms with Gasteiger partial charge in [-0.1, -0.05) is 42.5 Å². The zero-order valence-electron chi connectivity index (χ0n) is 24.9. The van der Waals surface area contributed by atoms with Crippen molar-refractivity contribution < 1.29 is 30.8 Å². The summed E-state index contributed by atoms with van der Waals surface area (Å²) in [6, 6.07) is 16.0. The minimum atomic E-state index is -4.70. The fourth-order valence-electron chi connectivity index (χ4n) is 6.93. The number of nitrogens with one attached hydrogen (secondary N) is 1. The van der Waals surface area contributed by atoms with Crippen LogP contribution in [0.4, 0.5) is 23.2 Å². The number of nitrogens with zero attached hydrogens (tertiary/aromatic N) is 2. The largest absolute Gasteiger partial charge is 0.416 e. The van der Waals surface area contributed by atoms with Crippen molar-refractivity contribution in [3.8, 4) is 0 Å². The van der Waals surface area contributed by atoms with Gasteiger partial charge >= 0.3 is 6.18 Å². The van der Waals surface area contributed by atoms with Crippen LogP contribution in [0.1, 0.15) is 72.4 Å². The van der Waals surface area contributed by atoms with E-state index in [1.165, 1.54) is 5.56 Å². The highest BCUT2D eigenvalue weighted by atomic mass is 32.2. The van der Waals surface area contributed by atoms with Crippen molar-refractivity contribution >= 4 is 21.6 Å². The molecule has 0 radical (unpaired) electrons. The van der Waals surface area contributed by atoms with Gasteiger partial charge in [0, 0.05) is 26.1 Å². The van der Waals surface area contributed by atoms with Crippen LogP contribution in [0.15, 0.2) is 71.6 Å². The van der Waals surface area contributed by atoms with E-state index < -0.39 is 38.9 Å². The minimum Gasteiger partial charge on any atom is -0.349 e. The molecule has 1 amide bonds. The molecule has 2 aliphatic heterocycles. The van der Waals surface area contributed by atoms with Crippen LogP contribution in [0, 0.1) is 0 Å². The Bertz CT molecular complexity index is 1650. The van der Waals surface area contributed by atoms with Crippen LogP contribution in [-0.2, 0) is 40.4 Å². The van der Waals surface area contributed by atoms with E-state index in [2.05, 4.69) is 28.4 Å². The fourth-order valence-corrected chi connectivity index (χ4v) is 8.69. The average Bonchev–Trinajstić information content (AvgIpc) is 3.01. The Morgan fingerprint density at radius 3 is 2.44 bits per heavy atom. The molecule has 6 rings (SSSR count). The van der Waals surface area contributed by atoms with Crippen molar-refractivity contribution in [1.82, 2.24) is 10.2 Å². The molecule has 2 heterocycles. The van der Waals surface area contributed by atoms with Crippen LogP contribution >= 0.6 is 0 Å². The number of hydrogen-bond acceptors (Lipinski definition) is 4. The van der Waals surface area contributed by atoms with E-state index in [9.17, 15) is 30.8 Å². The molecular formula is C34H37F4N3O3S. The molecule has 0 saturated carbocycles. The first-order valence-electron chi connectivity index (χ1n) is 15.6. The van der Waals surface area contributed by atoms with Gasteiger partial charge in [0.25, 0.3) is 10.0 Å². The monoisotopic (exact) mass is 643 g/mol. The summed E-state index contributed by atoms with van der Waals surface area (Å²) >= 11 is 0. The number of fused-ring (bicyclic) bond motifs is 2. The quantitative estimate of drug-likeness (QED) is 0.290. The second-order valence-corrected chi connectivity index (χ2v) is 14.2. The van der Waals surface area contributed by atoms with Gasteiger partial charge in [-0.25, -0.2) is 12.8 Å². The number of carbonyl (C=O) groups excluding carboxylic acids is 1. The zero-order valence-corrected chi connectivity index (χ0v) is 25.7. The van der Waals surface area contributed by atoms with E-state index in [1.54, 1.807) is 24.3 Å². The second-order valence-electron chi connectivity index (χ2n) is 12.3. The molecule has 6 nitrogen and oxygen atoms in total. The lowest BCUT2D eigenvalue weighted by molar-refractivity contribution is -0.137. The number of halogens is 4. The van der Waals surface area contributed by atoms with E-state index in [1.807, 2.05) is 0 Å². The molecule has 3 aromatic carbocycles. The van der Waals surface area contributed by atoms with Gasteiger partial charge in [-0.15, -0.1) is 0 Å². The van der Waals surface area contributed by atoms with Crippen molar-refractivity contribution in [2.45, 2.75) is 87.2 Å². The number of alkyl halides is 4. The van der Waals surface area contributed by atoms with Crippen molar-refractivity contribution in [2.24, 2.45) is 0 Å². The van der Waals surface area contributed by atoms with Gasteiger partial charge in [0.2, 0.25) is 5.91 Å². The second kappa shape index (κ2) is 12.7. The molecule has 240 valence electrons. The molecule has 45 heavy (non-hydrogen) atoms. The average molecular weight is 644 g/mol. The van der Waals surface area contributed by atoms with Crippen LogP contribution in [0.25, 0.3) is 0 Å². The third-order valence-corrected chi connectivity index (χ3v) is 11.1. The highest BCUT2D eigenvalue weighted by Gasteiger charge is 2.39. The van der Waals surface area contributed by atoms with Gasteiger partial charge < -0.3 is 5.32 Å². The number of rotatable bonds is 7. The van der Waals surface area contributed by atoms with Gasteiger partial charge in [-0.3, -0.25) is 14.0 Å². The number of aryl methyl sites for hydroxylation is 2. The number of likely N-dealkylation sites (tertiary alicyclic amines) is 1. The van der Waals surface area contributed by atoms with Gasteiger partial charge in [0.15, 0.2) is 0 Å². The number of sulfonamides is 1. The van der Waals surface area contributed by atoms with Crippen LogP contribution in [0.3, 0.4) is 0 Å². The molecule has 2 atom stereocenters. The van der Waals surface area contributed by atoms with Gasteiger partial charge in [-0.2, -0.15) is 13.2 Å². The van der Waals surface area contributed by atoms with Crippen molar-refractivity contribution in [2.75, 3.05) is 17.4 Å². The number of piperidine rings is 1. The van der Waals surface area contributed by atoms with Crippen molar-refractivity contribution in [1.29, 1.82) is 0 Å². The smallest absolute Gasteiger partial charge is 0.349 e. The Morgan fingerprint density at radius 2 is 1.67 bits per heavy atom. The maximum absolute atomic E-state index is 14.0. The third kappa shape index (κ3) is 6.89. The number of amides is 1. The first kappa shape index (κ1) is 31.5. The number of benzene rings is 3. The first-order chi connectivity index (χ1) is 21.5. The van der Waals surface area contributed by atoms with Crippen LogP contribution in [0.2, 0.25) is 0 Å². The molecule has 3 aromatic rings. The summed E-state index contributed by atoms with van der Waals surface area (Å²) in [5.74, 6) is -0.306. The van der Waals surface area contributed by atoms with Gasteiger partial charge in [-0.05, 0) is 91.5 Å². The normalized spacial score (nSPS) is 21.2. The fraction of sp³-hybridized carbons (Fsp3) is 0.441. The number of para-hydroxylation sites is 1. The Labute approximate surface area is 261 Å². The lowest BCUT2D eigenvalue weighted by atomic mass is 9.86. The van der Waals surface area contributed by atoms with E-state index >= 15 is 0 Å². The number of anilines is 1. The molecule has 0 aromatic heterocycles. The molecule has 3 aliphatic rings. The molecule has 0 spiro atoms. The third-order valence-electron chi connectivity index (χ3n) is 9.23. The van der Waals surface area contributed by atoms with E-state index in [0.717, 1.165) is 78.1 Å². The van der Waals surface area contributed by atoms with E-state index in [-0.39, 0.29) is 18.4 Å². The molecule has 1 saturated heterocycles. The molecule has 11 heteroatoms. The van der Waals surface area contributed by atoms with Crippen LogP contribution in [0.5, 0.6) is 0 Å². The summed E-state index contributed by atoms with van der Waals surface area (Å²) in [5.41, 5.74) is 3.47. The summed E-state index contributed by atoms with van der Waals surface area (Å²) in [5, 5.41) is 3.13. The highest BCUT2D eigenvalue weighted by molar-refractivity contribution is 7.92. The van der Waals surface area contributed by atoms with E-state index in [0.29, 0.717) is 37.4 Å². The lowest BCUT2D eigenvalue weighted by Crippen LogP contribution is -2.46. The predicted octanol–water partition coefficient (Wildman–Crippen LogP) is 6.73. The van der Waals surface area contributed by atoms with Gasteiger partial charge in [0.1, 0.15) is 6.17 Å². The Hall–Kier alpha value is -3.44. The first-order valence-corrected chi connectivity index (χ1v) is 17.0. The Balaban J connectivity index is 1.20. The minimum absolute atomic E-state index is 0.124.